The van der Waals surface area contributed by atoms with E-state index in [1.54, 1.807) is 23.1 Å². The molecular weight excluding hydrogens is 412 g/mol. The quantitative estimate of drug-likeness (QED) is 0.347. The Morgan fingerprint density at radius 3 is 2.80 bits per heavy atom. The van der Waals surface area contributed by atoms with Crippen LogP contribution in [0.1, 0.15) is 50.1 Å². The van der Waals surface area contributed by atoms with Crippen molar-refractivity contribution in [2.45, 2.75) is 65.3 Å². The summed E-state index contributed by atoms with van der Waals surface area (Å²) in [7, 11) is 0. The molecule has 0 aliphatic carbocycles. The third kappa shape index (κ3) is 4.23. The van der Waals surface area contributed by atoms with Crippen molar-refractivity contribution in [3.8, 4) is 5.69 Å². The van der Waals surface area contributed by atoms with Crippen LogP contribution >= 0.6 is 23.1 Å². The second-order valence-corrected chi connectivity index (χ2v) is 11.0. The molecule has 2 aromatic heterocycles. The molecule has 0 amide bonds. The van der Waals surface area contributed by atoms with Gasteiger partial charge in [-0.15, -0.1) is 11.3 Å². The second kappa shape index (κ2) is 8.85. The Kier molecular flexibility index (Phi) is 6.37. The van der Waals surface area contributed by atoms with Crippen molar-refractivity contribution in [3.63, 3.8) is 0 Å². The van der Waals surface area contributed by atoms with Gasteiger partial charge in [0.2, 0.25) is 0 Å². The molecule has 1 aliphatic heterocycles. The van der Waals surface area contributed by atoms with Crippen LogP contribution in [0.3, 0.4) is 0 Å². The molecule has 0 N–H and O–H groups in total. The van der Waals surface area contributed by atoms with Gasteiger partial charge in [-0.05, 0) is 48.4 Å². The summed E-state index contributed by atoms with van der Waals surface area (Å²) in [6.45, 7) is 11.4. The number of benzene rings is 1. The van der Waals surface area contributed by atoms with Gasteiger partial charge >= 0.3 is 0 Å². The second-order valence-electron chi connectivity index (χ2n) is 8.89. The van der Waals surface area contributed by atoms with Crippen LogP contribution in [0.4, 0.5) is 0 Å². The van der Waals surface area contributed by atoms with E-state index in [2.05, 4.69) is 46.8 Å². The van der Waals surface area contributed by atoms with Gasteiger partial charge in [0.05, 0.1) is 23.8 Å². The van der Waals surface area contributed by atoms with Crippen molar-refractivity contribution >= 4 is 33.3 Å². The summed E-state index contributed by atoms with van der Waals surface area (Å²) < 4.78 is 7.88. The number of rotatable bonds is 6. The molecule has 160 valence electrons. The van der Waals surface area contributed by atoms with Gasteiger partial charge in [-0.2, -0.15) is 0 Å². The highest BCUT2D eigenvalue weighted by molar-refractivity contribution is 7.99. The molecular formula is C24H30N2O2S2. The first kappa shape index (κ1) is 21.6. The predicted octanol–water partition coefficient (Wildman–Crippen LogP) is 5.99. The van der Waals surface area contributed by atoms with E-state index in [9.17, 15) is 4.79 Å². The molecule has 0 unspecified atom stereocenters. The van der Waals surface area contributed by atoms with Gasteiger partial charge in [-0.3, -0.25) is 9.36 Å². The Morgan fingerprint density at radius 1 is 1.30 bits per heavy atom. The molecule has 0 saturated carbocycles. The minimum Gasteiger partial charge on any atom is -0.372 e. The SMILES string of the molecule is Cc1cccc(-n2c(SCCC(C)C)nc3sc4c(c3c2=O)C[C@@H](C(C)C)OC4)c1. The number of aryl methyl sites for hydroxylation is 1. The molecule has 0 radical (unpaired) electrons. The molecule has 0 fully saturated rings. The van der Waals surface area contributed by atoms with Gasteiger partial charge in [-0.1, -0.05) is 51.6 Å². The molecule has 30 heavy (non-hydrogen) atoms. The highest BCUT2D eigenvalue weighted by Crippen LogP contribution is 2.36. The normalized spacial score (nSPS) is 16.6. The van der Waals surface area contributed by atoms with Crippen LogP contribution in [0.25, 0.3) is 15.9 Å². The van der Waals surface area contributed by atoms with Crippen LogP contribution < -0.4 is 5.56 Å². The molecule has 3 aromatic rings. The van der Waals surface area contributed by atoms with E-state index in [-0.39, 0.29) is 11.7 Å². The fraction of sp³-hybridized carbons (Fsp3) is 0.500. The summed E-state index contributed by atoms with van der Waals surface area (Å²) >= 11 is 3.31. The van der Waals surface area contributed by atoms with Crippen molar-refractivity contribution in [3.05, 3.63) is 50.6 Å². The maximum Gasteiger partial charge on any atom is 0.267 e. The van der Waals surface area contributed by atoms with Gasteiger partial charge in [0.25, 0.3) is 5.56 Å². The first-order valence-corrected chi connectivity index (χ1v) is 12.5. The highest BCUT2D eigenvalue weighted by Gasteiger charge is 2.28. The largest absolute Gasteiger partial charge is 0.372 e. The Morgan fingerprint density at radius 2 is 2.10 bits per heavy atom. The van der Waals surface area contributed by atoms with Crippen molar-refractivity contribution in [1.29, 1.82) is 0 Å². The zero-order valence-electron chi connectivity index (χ0n) is 18.4. The smallest absolute Gasteiger partial charge is 0.267 e. The standard InChI is InChI=1S/C24H30N2O2S2/c1-14(2)9-10-29-24-25-22-21(18-12-19(15(3)4)28-13-20(18)30-22)23(27)26(24)17-8-6-7-16(5)11-17/h6-8,11,14-15,19H,9-10,12-13H2,1-5H3/t19-/m0/s1. The first-order chi connectivity index (χ1) is 14.3. The Balaban J connectivity index is 1.88. The molecule has 3 heterocycles. The van der Waals surface area contributed by atoms with Crippen LogP contribution in [0.15, 0.2) is 34.2 Å². The average Bonchev–Trinajstić information content (AvgIpc) is 3.05. The maximum absolute atomic E-state index is 13.8. The Bertz CT molecular complexity index is 1110. The van der Waals surface area contributed by atoms with E-state index in [0.29, 0.717) is 18.4 Å². The molecule has 4 rings (SSSR count). The maximum atomic E-state index is 13.8. The van der Waals surface area contributed by atoms with Crippen LogP contribution in [0.5, 0.6) is 0 Å². The number of fused-ring (bicyclic) bond motifs is 3. The minimum absolute atomic E-state index is 0.0551. The minimum atomic E-state index is 0.0551. The summed E-state index contributed by atoms with van der Waals surface area (Å²) in [6.07, 6.45) is 2.04. The number of hydrogen-bond donors (Lipinski definition) is 0. The zero-order chi connectivity index (χ0) is 21.4. The molecule has 1 aromatic carbocycles. The number of hydrogen-bond acceptors (Lipinski definition) is 5. The van der Waals surface area contributed by atoms with Crippen LogP contribution in [0, 0.1) is 18.8 Å². The van der Waals surface area contributed by atoms with Gasteiger partial charge in [0, 0.05) is 17.1 Å². The lowest BCUT2D eigenvalue weighted by atomic mass is 9.96. The number of ether oxygens (including phenoxy) is 1. The summed E-state index contributed by atoms with van der Waals surface area (Å²) in [6, 6.07) is 8.15. The van der Waals surface area contributed by atoms with E-state index in [0.717, 1.165) is 55.7 Å². The molecule has 4 nitrogen and oxygen atoms in total. The third-order valence-electron chi connectivity index (χ3n) is 5.64. The number of nitrogens with zero attached hydrogens (tertiary/aromatic N) is 2. The van der Waals surface area contributed by atoms with Crippen LogP contribution in [-0.4, -0.2) is 21.4 Å². The Labute approximate surface area is 186 Å². The summed E-state index contributed by atoms with van der Waals surface area (Å²) in [5.74, 6) is 2.00. The average molecular weight is 443 g/mol. The van der Waals surface area contributed by atoms with Crippen LogP contribution in [0.2, 0.25) is 0 Å². The Hall–Kier alpha value is -1.63. The van der Waals surface area contributed by atoms with Gasteiger partial charge in [0.1, 0.15) is 4.83 Å². The molecule has 0 bridgehead atoms. The van der Waals surface area contributed by atoms with E-state index in [1.165, 1.54) is 0 Å². The third-order valence-corrected chi connectivity index (χ3v) is 7.71. The number of thioether (sulfide) groups is 1. The zero-order valence-corrected chi connectivity index (χ0v) is 20.0. The first-order valence-electron chi connectivity index (χ1n) is 10.7. The molecule has 0 saturated heterocycles. The van der Waals surface area contributed by atoms with E-state index in [4.69, 9.17) is 9.72 Å². The lowest BCUT2D eigenvalue weighted by molar-refractivity contribution is 0.00200. The topological polar surface area (TPSA) is 44.1 Å². The van der Waals surface area contributed by atoms with E-state index in [1.807, 2.05) is 16.7 Å². The van der Waals surface area contributed by atoms with Crippen molar-refractivity contribution in [1.82, 2.24) is 9.55 Å². The molecule has 1 atom stereocenters. The number of aromatic nitrogens is 2. The fourth-order valence-electron chi connectivity index (χ4n) is 3.81. The van der Waals surface area contributed by atoms with Gasteiger partial charge in [0.15, 0.2) is 5.16 Å². The van der Waals surface area contributed by atoms with Crippen molar-refractivity contribution in [2.75, 3.05) is 5.75 Å². The lowest BCUT2D eigenvalue weighted by Gasteiger charge is -2.26. The molecule has 1 aliphatic rings. The van der Waals surface area contributed by atoms with E-state index >= 15 is 0 Å². The highest BCUT2D eigenvalue weighted by atomic mass is 32.2. The van der Waals surface area contributed by atoms with E-state index < -0.39 is 0 Å². The predicted molar refractivity (Wildman–Crippen MR) is 127 cm³/mol. The summed E-state index contributed by atoms with van der Waals surface area (Å²) in [5.41, 5.74) is 3.24. The van der Waals surface area contributed by atoms with Crippen LogP contribution in [-0.2, 0) is 17.8 Å². The molecule has 0 spiro atoms. The lowest BCUT2D eigenvalue weighted by Crippen LogP contribution is -2.28. The van der Waals surface area contributed by atoms with Crippen molar-refractivity contribution < 1.29 is 4.74 Å². The monoisotopic (exact) mass is 442 g/mol. The van der Waals surface area contributed by atoms with Gasteiger partial charge < -0.3 is 4.74 Å². The number of thiophene rings is 1. The molecule has 6 heteroatoms. The summed E-state index contributed by atoms with van der Waals surface area (Å²) in [5, 5.41) is 1.58. The van der Waals surface area contributed by atoms with Gasteiger partial charge in [-0.25, -0.2) is 4.98 Å². The fourth-order valence-corrected chi connectivity index (χ4v) is 6.23. The summed E-state index contributed by atoms with van der Waals surface area (Å²) in [4.78, 5) is 20.9. The van der Waals surface area contributed by atoms with Crippen molar-refractivity contribution in [2.24, 2.45) is 11.8 Å².